The normalized spacial score (nSPS) is 11.8. The second-order valence-electron chi connectivity index (χ2n) is 4.60. The Bertz CT molecular complexity index is 701. The molecule has 21 heavy (non-hydrogen) atoms. The van der Waals surface area contributed by atoms with Crippen molar-refractivity contribution < 1.29 is 12.8 Å². The SMILES string of the molecule is CC(C)NCc1cc(S(=O)(=O)Nc2cccnn2)c(Br)o1. The zero-order chi connectivity index (χ0) is 15.5. The average molecular weight is 375 g/mol. The molecule has 0 aliphatic heterocycles. The van der Waals surface area contributed by atoms with Crippen LogP contribution in [0.2, 0.25) is 0 Å². The van der Waals surface area contributed by atoms with E-state index in [9.17, 15) is 8.42 Å². The second-order valence-corrected chi connectivity index (χ2v) is 6.97. The van der Waals surface area contributed by atoms with E-state index in [0.29, 0.717) is 12.3 Å². The van der Waals surface area contributed by atoms with Gasteiger partial charge in [0, 0.05) is 18.3 Å². The molecule has 0 aliphatic carbocycles. The minimum atomic E-state index is -3.78. The highest BCUT2D eigenvalue weighted by molar-refractivity contribution is 9.10. The predicted molar refractivity (Wildman–Crippen MR) is 81.2 cm³/mol. The van der Waals surface area contributed by atoms with Crippen molar-refractivity contribution in [3.63, 3.8) is 0 Å². The van der Waals surface area contributed by atoms with Gasteiger partial charge in [-0.1, -0.05) is 13.8 Å². The summed E-state index contributed by atoms with van der Waals surface area (Å²) in [6, 6.07) is 4.84. The molecule has 0 aliphatic rings. The molecule has 2 rings (SSSR count). The van der Waals surface area contributed by atoms with E-state index >= 15 is 0 Å². The van der Waals surface area contributed by atoms with E-state index in [-0.39, 0.29) is 21.4 Å². The quantitative estimate of drug-likeness (QED) is 0.803. The summed E-state index contributed by atoms with van der Waals surface area (Å²) in [7, 11) is -3.78. The summed E-state index contributed by atoms with van der Waals surface area (Å²) in [5.41, 5.74) is 0. The lowest BCUT2D eigenvalue weighted by molar-refractivity contribution is 0.447. The Kier molecular flexibility index (Phi) is 4.96. The highest BCUT2D eigenvalue weighted by atomic mass is 79.9. The summed E-state index contributed by atoms with van der Waals surface area (Å²) in [5, 5.41) is 10.5. The Morgan fingerprint density at radius 3 is 2.81 bits per heavy atom. The number of anilines is 1. The van der Waals surface area contributed by atoms with Gasteiger partial charge < -0.3 is 9.73 Å². The van der Waals surface area contributed by atoms with Gasteiger partial charge in [0.1, 0.15) is 10.7 Å². The Balaban J connectivity index is 2.20. The molecular formula is C12H15BrN4O3S. The molecule has 0 aromatic carbocycles. The monoisotopic (exact) mass is 374 g/mol. The molecule has 9 heteroatoms. The van der Waals surface area contributed by atoms with Gasteiger partial charge in [0.25, 0.3) is 10.0 Å². The first kappa shape index (κ1) is 15.9. The van der Waals surface area contributed by atoms with Crippen LogP contribution in [0.3, 0.4) is 0 Å². The maximum atomic E-state index is 12.3. The van der Waals surface area contributed by atoms with Crippen LogP contribution < -0.4 is 10.0 Å². The highest BCUT2D eigenvalue weighted by Gasteiger charge is 2.23. The van der Waals surface area contributed by atoms with Crippen LogP contribution in [-0.2, 0) is 16.6 Å². The molecular weight excluding hydrogens is 360 g/mol. The van der Waals surface area contributed by atoms with Gasteiger partial charge in [-0.25, -0.2) is 8.42 Å². The van der Waals surface area contributed by atoms with Gasteiger partial charge in [-0.05, 0) is 28.1 Å². The fraction of sp³-hybridized carbons (Fsp3) is 0.333. The van der Waals surface area contributed by atoms with Crippen molar-refractivity contribution in [1.29, 1.82) is 0 Å². The van der Waals surface area contributed by atoms with Crippen molar-refractivity contribution in [2.24, 2.45) is 0 Å². The number of nitrogens with one attached hydrogen (secondary N) is 2. The van der Waals surface area contributed by atoms with Crippen molar-refractivity contribution in [3.8, 4) is 0 Å². The molecule has 0 fully saturated rings. The van der Waals surface area contributed by atoms with Crippen LogP contribution in [-0.4, -0.2) is 24.7 Å². The van der Waals surface area contributed by atoms with Crippen LogP contribution in [0.1, 0.15) is 19.6 Å². The Labute approximate surface area is 131 Å². The van der Waals surface area contributed by atoms with Gasteiger partial charge in [-0.2, -0.15) is 5.10 Å². The van der Waals surface area contributed by atoms with E-state index in [1.165, 1.54) is 18.3 Å². The first-order valence-electron chi connectivity index (χ1n) is 6.20. The number of rotatable bonds is 6. The number of furan rings is 1. The molecule has 0 atom stereocenters. The molecule has 2 aromatic rings. The molecule has 0 bridgehead atoms. The maximum absolute atomic E-state index is 12.3. The average Bonchev–Trinajstić information content (AvgIpc) is 2.79. The van der Waals surface area contributed by atoms with Crippen LogP contribution in [0, 0.1) is 0 Å². The number of nitrogens with zero attached hydrogens (tertiary/aromatic N) is 2. The topological polar surface area (TPSA) is 97.1 Å². The predicted octanol–water partition coefficient (Wildman–Crippen LogP) is 2.13. The molecule has 2 aromatic heterocycles. The van der Waals surface area contributed by atoms with Gasteiger partial charge in [-0.3, -0.25) is 4.72 Å². The third-order valence-electron chi connectivity index (χ3n) is 2.49. The largest absolute Gasteiger partial charge is 0.451 e. The molecule has 0 spiro atoms. The van der Waals surface area contributed by atoms with Crippen LogP contribution in [0.4, 0.5) is 5.82 Å². The van der Waals surface area contributed by atoms with Crippen LogP contribution in [0.15, 0.2) is 38.4 Å². The van der Waals surface area contributed by atoms with Gasteiger partial charge in [-0.15, -0.1) is 5.10 Å². The van der Waals surface area contributed by atoms with E-state index in [1.807, 2.05) is 13.8 Å². The number of aromatic nitrogens is 2. The first-order valence-corrected chi connectivity index (χ1v) is 8.48. The van der Waals surface area contributed by atoms with Crippen LogP contribution in [0.5, 0.6) is 0 Å². The number of halogens is 1. The molecule has 0 saturated heterocycles. The lowest BCUT2D eigenvalue weighted by Gasteiger charge is -2.04. The fourth-order valence-electron chi connectivity index (χ4n) is 1.52. The summed E-state index contributed by atoms with van der Waals surface area (Å²) in [4.78, 5) is 0.0220. The number of hydrogen-bond donors (Lipinski definition) is 2. The van der Waals surface area contributed by atoms with E-state index in [2.05, 4.69) is 36.2 Å². The summed E-state index contributed by atoms with van der Waals surface area (Å²) >= 11 is 3.12. The zero-order valence-corrected chi connectivity index (χ0v) is 13.9. The molecule has 2 N–H and O–H groups in total. The highest BCUT2D eigenvalue weighted by Crippen LogP contribution is 2.27. The summed E-state index contributed by atoms with van der Waals surface area (Å²) in [6.45, 7) is 4.42. The van der Waals surface area contributed by atoms with Crippen LogP contribution in [0.25, 0.3) is 0 Å². The molecule has 0 radical (unpaired) electrons. The van der Waals surface area contributed by atoms with Crippen molar-refractivity contribution in [2.75, 3.05) is 4.72 Å². The summed E-state index contributed by atoms with van der Waals surface area (Å²) < 4.78 is 32.5. The molecule has 0 saturated carbocycles. The van der Waals surface area contributed by atoms with E-state index in [0.717, 1.165) is 0 Å². The fourth-order valence-corrected chi connectivity index (χ4v) is 3.52. The van der Waals surface area contributed by atoms with Gasteiger partial charge in [0.05, 0.1) is 6.54 Å². The smallest absolute Gasteiger partial charge is 0.267 e. The number of sulfonamides is 1. The lowest BCUT2D eigenvalue weighted by atomic mass is 10.3. The maximum Gasteiger partial charge on any atom is 0.267 e. The first-order chi connectivity index (χ1) is 9.88. The minimum absolute atomic E-state index is 0.0220. The summed E-state index contributed by atoms with van der Waals surface area (Å²) in [6.07, 6.45) is 1.46. The molecule has 2 heterocycles. The van der Waals surface area contributed by atoms with E-state index < -0.39 is 10.0 Å². The summed E-state index contributed by atoms with van der Waals surface area (Å²) in [5.74, 6) is 0.669. The van der Waals surface area contributed by atoms with Crippen molar-refractivity contribution in [2.45, 2.75) is 31.3 Å². The van der Waals surface area contributed by atoms with Crippen molar-refractivity contribution in [1.82, 2.24) is 15.5 Å². The third kappa shape index (κ3) is 4.26. The standard InChI is InChI=1S/C12H15BrN4O3S/c1-8(2)14-7-9-6-10(12(13)20-9)21(18,19)17-11-4-3-5-15-16-11/h3-6,8,14H,7H2,1-2H3,(H,16,17). The zero-order valence-electron chi connectivity index (χ0n) is 11.5. The van der Waals surface area contributed by atoms with Gasteiger partial charge in [0.2, 0.25) is 0 Å². The van der Waals surface area contributed by atoms with Crippen molar-refractivity contribution >= 4 is 31.8 Å². The molecule has 0 amide bonds. The van der Waals surface area contributed by atoms with Crippen LogP contribution >= 0.6 is 15.9 Å². The molecule has 114 valence electrons. The van der Waals surface area contributed by atoms with Gasteiger partial charge in [0.15, 0.2) is 10.5 Å². The molecule has 0 unspecified atom stereocenters. The third-order valence-corrected chi connectivity index (χ3v) is 4.70. The number of hydrogen-bond acceptors (Lipinski definition) is 6. The van der Waals surface area contributed by atoms with E-state index in [1.54, 1.807) is 6.07 Å². The Morgan fingerprint density at radius 1 is 1.43 bits per heavy atom. The van der Waals surface area contributed by atoms with Gasteiger partial charge >= 0.3 is 0 Å². The Hall–Kier alpha value is -1.45. The minimum Gasteiger partial charge on any atom is -0.451 e. The van der Waals surface area contributed by atoms with Crippen molar-refractivity contribution in [3.05, 3.63) is 34.8 Å². The second kappa shape index (κ2) is 6.54. The van der Waals surface area contributed by atoms with E-state index in [4.69, 9.17) is 4.42 Å². The Morgan fingerprint density at radius 2 is 2.19 bits per heavy atom. The molecule has 7 nitrogen and oxygen atoms in total. The lowest BCUT2D eigenvalue weighted by Crippen LogP contribution is -2.21.